The fourth-order valence-electron chi connectivity index (χ4n) is 9.06. The average Bonchev–Trinajstić information content (AvgIpc) is 3.84. The van der Waals surface area contributed by atoms with E-state index < -0.39 is 87.1 Å². The van der Waals surface area contributed by atoms with Crippen molar-refractivity contribution in [2.24, 2.45) is 0 Å². The molecule has 0 aliphatic carbocycles. The molecule has 0 spiro atoms. The highest BCUT2D eigenvalue weighted by atomic mass is 19.4. The minimum atomic E-state index is -5.30. The van der Waals surface area contributed by atoms with Gasteiger partial charge in [-0.1, -0.05) is 48.5 Å². The SMILES string of the molecule is FC(F)(F)c1cc(-c2cc(-n3c4ccccc4c4cc(-c5cc(C(F)(F)F)cc(C(F)(F)F)c5)ccc43)nc(-n3c4ccccc4c4cc(-c5cc(C(F)(F)F)cc(C(F)(F)F)c5)ccc43)c2)cc(C(F)(F)F)c1. The Morgan fingerprint density at radius 3 is 0.797 bits per heavy atom. The van der Waals surface area contributed by atoms with E-state index in [0.29, 0.717) is 47.2 Å². The number of nitrogens with zero attached hydrogens (tertiary/aromatic N) is 3. The summed E-state index contributed by atoms with van der Waals surface area (Å²) in [6.07, 6.45) is -31.4. The summed E-state index contributed by atoms with van der Waals surface area (Å²) in [5, 5.41) is 1.08. The van der Waals surface area contributed by atoms with E-state index in [1.807, 2.05) is 0 Å². The van der Waals surface area contributed by atoms with Crippen LogP contribution in [0.3, 0.4) is 0 Å². The molecule has 0 fully saturated rings. The molecule has 0 bridgehead atoms. The molecule has 0 aliphatic rings. The molecule has 0 saturated carbocycles. The van der Waals surface area contributed by atoms with Crippen LogP contribution in [-0.2, 0) is 37.1 Å². The highest BCUT2D eigenvalue weighted by molar-refractivity contribution is 6.12. The molecule has 7 aromatic carbocycles. The first kappa shape index (κ1) is 49.6. The summed E-state index contributed by atoms with van der Waals surface area (Å²) in [6.45, 7) is 0. The van der Waals surface area contributed by atoms with E-state index in [1.54, 1.807) is 36.4 Å². The van der Waals surface area contributed by atoms with Gasteiger partial charge in [0.05, 0.1) is 55.4 Å². The average molecular weight is 1050 g/mol. The van der Waals surface area contributed by atoms with Crippen molar-refractivity contribution in [3.05, 3.63) is 185 Å². The Morgan fingerprint density at radius 1 is 0.243 bits per heavy atom. The minimum Gasteiger partial charge on any atom is -0.294 e. The van der Waals surface area contributed by atoms with Gasteiger partial charge in [0.2, 0.25) is 0 Å². The Balaban J connectivity index is 1.25. The summed E-state index contributed by atoms with van der Waals surface area (Å²) < 4.78 is 257. The number of fused-ring (bicyclic) bond motifs is 6. The summed E-state index contributed by atoms with van der Waals surface area (Å²) in [7, 11) is 0. The lowest BCUT2D eigenvalue weighted by Gasteiger charge is -2.17. The molecular formula is C53H25F18N3. The van der Waals surface area contributed by atoms with E-state index in [0.717, 1.165) is 0 Å². The third-order valence-corrected chi connectivity index (χ3v) is 12.4. The normalized spacial score (nSPS) is 13.3. The number of para-hydroxylation sites is 2. The van der Waals surface area contributed by atoms with Gasteiger partial charge in [-0.05, 0) is 137 Å². The summed E-state index contributed by atoms with van der Waals surface area (Å²) in [5.74, 6) is -0.376. The van der Waals surface area contributed by atoms with Gasteiger partial charge in [0, 0.05) is 21.5 Å². The zero-order chi connectivity index (χ0) is 53.2. The Bertz CT molecular complexity index is 3570. The number of pyridine rings is 1. The summed E-state index contributed by atoms with van der Waals surface area (Å²) in [6, 6.07) is 25.3. The maximum absolute atomic E-state index is 14.4. The van der Waals surface area contributed by atoms with E-state index in [-0.39, 0.29) is 79.4 Å². The van der Waals surface area contributed by atoms with E-state index in [1.165, 1.54) is 69.8 Å². The highest BCUT2D eigenvalue weighted by Crippen LogP contribution is 2.45. The molecule has 0 atom stereocenters. The maximum atomic E-state index is 14.4. The van der Waals surface area contributed by atoms with Gasteiger partial charge in [-0.15, -0.1) is 0 Å². The van der Waals surface area contributed by atoms with Crippen LogP contribution in [0.2, 0.25) is 0 Å². The van der Waals surface area contributed by atoms with Crippen molar-refractivity contribution in [3.8, 4) is 45.0 Å². The van der Waals surface area contributed by atoms with Crippen LogP contribution < -0.4 is 0 Å². The van der Waals surface area contributed by atoms with Crippen LogP contribution in [0.1, 0.15) is 33.4 Å². The van der Waals surface area contributed by atoms with Crippen molar-refractivity contribution in [2.75, 3.05) is 0 Å². The Kier molecular flexibility index (Phi) is 11.3. The fraction of sp³-hybridized carbons (Fsp3) is 0.113. The number of hydrogen-bond donors (Lipinski definition) is 0. The van der Waals surface area contributed by atoms with Crippen molar-refractivity contribution in [3.63, 3.8) is 0 Å². The Labute approximate surface area is 403 Å². The zero-order valence-corrected chi connectivity index (χ0v) is 36.6. The molecule has 0 unspecified atom stereocenters. The Hall–Kier alpha value is -7.97. The molecule has 0 saturated heterocycles. The largest absolute Gasteiger partial charge is 0.416 e. The third kappa shape index (κ3) is 9.01. The number of alkyl halides is 18. The first-order chi connectivity index (χ1) is 34.4. The standard InChI is InChI=1S/C53H25F18N3/c54-48(55,56)32-13-28(14-33(23-32)49(57,58)59)26-9-11-44-40(19-26)38-5-1-3-7-42(38)73(44)46-21-31(30-17-36(52(66,67)68)25-37(18-30)53(69,70)71)22-47(72-46)74-43-8-4-2-6-39(43)41-20-27(10-12-45(41)74)29-15-34(50(60,61)62)24-35(16-29)51(63,64)65/h1-25H. The molecule has 3 aromatic heterocycles. The molecule has 3 heterocycles. The maximum Gasteiger partial charge on any atom is 0.416 e. The van der Waals surface area contributed by atoms with E-state index in [2.05, 4.69) is 0 Å². The number of benzene rings is 7. The van der Waals surface area contributed by atoms with Gasteiger partial charge in [0.15, 0.2) is 0 Å². The van der Waals surface area contributed by atoms with Gasteiger partial charge in [0.1, 0.15) is 11.6 Å². The highest BCUT2D eigenvalue weighted by Gasteiger charge is 2.40. The second kappa shape index (κ2) is 16.8. The lowest BCUT2D eigenvalue weighted by molar-refractivity contribution is -0.144. The van der Waals surface area contributed by atoms with Crippen LogP contribution in [0, 0.1) is 0 Å². The molecule has 3 nitrogen and oxygen atoms in total. The Morgan fingerprint density at radius 2 is 0.500 bits per heavy atom. The molecule has 0 radical (unpaired) electrons. The van der Waals surface area contributed by atoms with Crippen LogP contribution >= 0.6 is 0 Å². The predicted molar refractivity (Wildman–Crippen MR) is 239 cm³/mol. The van der Waals surface area contributed by atoms with Gasteiger partial charge in [0.25, 0.3) is 0 Å². The molecule has 21 heteroatoms. The van der Waals surface area contributed by atoms with Crippen molar-refractivity contribution >= 4 is 43.6 Å². The molecule has 74 heavy (non-hydrogen) atoms. The summed E-state index contributed by atoms with van der Waals surface area (Å²) in [4.78, 5) is 4.88. The second-order valence-corrected chi connectivity index (χ2v) is 17.1. The molecule has 0 amide bonds. The lowest BCUT2D eigenvalue weighted by Crippen LogP contribution is -2.11. The lowest BCUT2D eigenvalue weighted by atomic mass is 9.97. The quantitative estimate of drug-likeness (QED) is 0.158. The van der Waals surface area contributed by atoms with Crippen LogP contribution in [-0.4, -0.2) is 14.1 Å². The molecule has 10 rings (SSSR count). The van der Waals surface area contributed by atoms with Crippen molar-refractivity contribution in [2.45, 2.75) is 37.1 Å². The van der Waals surface area contributed by atoms with E-state index in [9.17, 15) is 79.0 Å². The summed E-state index contributed by atoms with van der Waals surface area (Å²) >= 11 is 0. The van der Waals surface area contributed by atoms with Crippen LogP contribution in [0.25, 0.3) is 88.6 Å². The third-order valence-electron chi connectivity index (χ3n) is 12.4. The number of rotatable bonds is 5. The van der Waals surface area contributed by atoms with E-state index in [4.69, 9.17) is 4.98 Å². The second-order valence-electron chi connectivity index (χ2n) is 17.1. The topological polar surface area (TPSA) is 22.8 Å². The number of hydrogen-bond acceptors (Lipinski definition) is 1. The molecule has 378 valence electrons. The van der Waals surface area contributed by atoms with Gasteiger partial charge in [-0.25, -0.2) is 4.98 Å². The van der Waals surface area contributed by atoms with Gasteiger partial charge in [-0.3, -0.25) is 9.13 Å². The molecule has 0 N–H and O–H groups in total. The van der Waals surface area contributed by atoms with Gasteiger partial charge < -0.3 is 0 Å². The van der Waals surface area contributed by atoms with Crippen LogP contribution in [0.5, 0.6) is 0 Å². The van der Waals surface area contributed by atoms with Crippen molar-refractivity contribution in [1.82, 2.24) is 14.1 Å². The van der Waals surface area contributed by atoms with Crippen LogP contribution in [0.15, 0.2) is 152 Å². The predicted octanol–water partition coefficient (Wildman–Crippen LogP) is 18.4. The monoisotopic (exact) mass is 1050 g/mol. The van der Waals surface area contributed by atoms with Gasteiger partial charge in [-0.2, -0.15) is 79.0 Å². The van der Waals surface area contributed by atoms with Crippen molar-refractivity contribution in [1.29, 1.82) is 0 Å². The fourth-order valence-corrected chi connectivity index (χ4v) is 9.06. The first-order valence-corrected chi connectivity index (χ1v) is 21.4. The smallest absolute Gasteiger partial charge is 0.294 e. The number of aromatic nitrogens is 3. The molecule has 0 aliphatic heterocycles. The summed E-state index contributed by atoms with van der Waals surface area (Å²) in [5.41, 5.74) is -10.9. The van der Waals surface area contributed by atoms with Crippen LogP contribution in [0.4, 0.5) is 79.0 Å². The zero-order valence-electron chi connectivity index (χ0n) is 36.6. The minimum absolute atomic E-state index is 0.0360. The first-order valence-electron chi connectivity index (χ1n) is 21.4. The molecule has 10 aromatic rings. The number of halogens is 18. The van der Waals surface area contributed by atoms with E-state index >= 15 is 0 Å². The van der Waals surface area contributed by atoms with Crippen molar-refractivity contribution < 1.29 is 79.0 Å². The van der Waals surface area contributed by atoms with Gasteiger partial charge >= 0.3 is 37.1 Å². The molecular weight excluding hydrogens is 1020 g/mol.